The Kier molecular flexibility index (Phi) is 3.01. The van der Waals surface area contributed by atoms with Crippen LogP contribution >= 0.6 is 19.6 Å². The molecular weight excluding hydrogens is 183 g/mol. The Hall–Kier alpha value is -0.430. The molecule has 0 saturated carbocycles. The lowest BCUT2D eigenvalue weighted by Gasteiger charge is -1.90. The average Bonchev–Trinajstić information content (AvgIpc) is 1.93. The zero-order valence-corrected chi connectivity index (χ0v) is 7.35. The Labute approximate surface area is 70.7 Å². The number of hydrogen-bond donors (Lipinski definition) is 1. The highest BCUT2D eigenvalue weighted by Gasteiger charge is 2.10. The van der Waals surface area contributed by atoms with E-state index in [2.05, 4.69) is 0 Å². The van der Waals surface area contributed by atoms with E-state index in [-0.39, 0.29) is 6.16 Å². The van der Waals surface area contributed by atoms with Crippen molar-refractivity contribution >= 4 is 19.6 Å². The van der Waals surface area contributed by atoms with Crippen molar-refractivity contribution in [1.82, 2.24) is 0 Å². The molecule has 0 saturated heterocycles. The summed E-state index contributed by atoms with van der Waals surface area (Å²) in [5.41, 5.74) is 0.831. The molecule has 0 aliphatic heterocycles. The van der Waals surface area contributed by atoms with E-state index in [1.807, 2.05) is 0 Å². The van der Waals surface area contributed by atoms with E-state index in [0.717, 1.165) is 5.56 Å². The van der Waals surface area contributed by atoms with Crippen molar-refractivity contribution < 1.29 is 9.46 Å². The van der Waals surface area contributed by atoms with Crippen molar-refractivity contribution in [2.45, 2.75) is 6.16 Å². The largest absolute Gasteiger partial charge is 0.510 e. The van der Waals surface area contributed by atoms with Crippen LogP contribution in [0.4, 0.5) is 0 Å². The van der Waals surface area contributed by atoms with Crippen LogP contribution in [0.1, 0.15) is 5.56 Å². The molecule has 0 fully saturated rings. The van der Waals surface area contributed by atoms with Crippen LogP contribution in [0.2, 0.25) is 5.02 Å². The van der Waals surface area contributed by atoms with Gasteiger partial charge in [0.15, 0.2) is 0 Å². The van der Waals surface area contributed by atoms with Gasteiger partial charge in [-0.2, -0.15) is 4.89 Å². The van der Waals surface area contributed by atoms with Crippen LogP contribution in [0.25, 0.3) is 0 Å². The maximum atomic E-state index is 10.4. The van der Waals surface area contributed by atoms with Gasteiger partial charge in [-0.25, -0.2) is 0 Å². The number of hydrogen-bond acceptors (Lipinski definition) is 1. The minimum Gasteiger partial charge on any atom is -0.160 e. The van der Waals surface area contributed by atoms with E-state index in [9.17, 15) is 4.57 Å². The van der Waals surface area contributed by atoms with Gasteiger partial charge in [-0.05, 0) is 16.7 Å². The molecule has 0 spiro atoms. The minimum atomic E-state index is -2.08. The molecule has 0 aliphatic rings. The second kappa shape index (κ2) is 3.82. The highest BCUT2D eigenvalue weighted by molar-refractivity contribution is 7.37. The molecule has 1 atom stereocenters. The normalized spacial score (nSPS) is 11.3. The molecule has 0 heterocycles. The van der Waals surface area contributed by atoms with E-state index < -0.39 is 8.03 Å². The lowest BCUT2D eigenvalue weighted by atomic mass is 10.2. The molecule has 1 aromatic rings. The van der Waals surface area contributed by atoms with Gasteiger partial charge in [-0.3, -0.25) is 0 Å². The molecule has 0 aromatic heterocycles. The van der Waals surface area contributed by atoms with Gasteiger partial charge in [0.2, 0.25) is 6.16 Å². The predicted octanol–water partition coefficient (Wildman–Crippen LogP) is 2.57. The fraction of sp³-hybridized carbons (Fsp3) is 0.143. The first-order chi connectivity index (χ1) is 5.18. The monoisotopic (exact) mass is 189 g/mol. The number of benzene rings is 1. The summed E-state index contributed by atoms with van der Waals surface area (Å²) in [6.45, 7) is 0. The van der Waals surface area contributed by atoms with Crippen LogP contribution in [0, 0.1) is 0 Å². The molecule has 0 amide bonds. The molecule has 0 radical (unpaired) electrons. The molecule has 1 unspecified atom stereocenters. The summed E-state index contributed by atoms with van der Waals surface area (Å²) in [5.74, 6) is 0. The van der Waals surface area contributed by atoms with Crippen molar-refractivity contribution in [3.63, 3.8) is 0 Å². The fourth-order valence-corrected chi connectivity index (χ4v) is 1.40. The van der Waals surface area contributed by atoms with Crippen molar-refractivity contribution in [1.29, 1.82) is 0 Å². The second-order valence-corrected chi connectivity index (χ2v) is 3.59. The van der Waals surface area contributed by atoms with E-state index in [1.165, 1.54) is 0 Å². The average molecular weight is 190 g/mol. The van der Waals surface area contributed by atoms with Crippen LogP contribution in [-0.4, -0.2) is 4.89 Å². The van der Waals surface area contributed by atoms with Crippen LogP contribution < -0.4 is 0 Å². The van der Waals surface area contributed by atoms with Gasteiger partial charge in [0, 0.05) is 10.6 Å². The van der Waals surface area contributed by atoms with E-state index in [1.54, 1.807) is 24.3 Å². The zero-order chi connectivity index (χ0) is 8.27. The summed E-state index contributed by atoms with van der Waals surface area (Å²) in [6, 6.07) is 6.89. The molecule has 1 N–H and O–H groups in total. The topological polar surface area (TPSA) is 37.3 Å². The summed E-state index contributed by atoms with van der Waals surface area (Å²) >= 11 is 5.61. The lowest BCUT2D eigenvalue weighted by Crippen LogP contribution is -1.77. The Morgan fingerprint density at radius 2 is 1.91 bits per heavy atom. The van der Waals surface area contributed by atoms with Crippen LogP contribution in [0.15, 0.2) is 24.3 Å². The van der Waals surface area contributed by atoms with Gasteiger partial charge in [0.05, 0.1) is 0 Å². The molecule has 1 aromatic carbocycles. The zero-order valence-electron chi connectivity index (χ0n) is 5.70. The Morgan fingerprint density at radius 1 is 1.36 bits per heavy atom. The molecular formula is C7H7ClO2P+. The van der Waals surface area contributed by atoms with E-state index in [0.29, 0.717) is 5.02 Å². The molecule has 4 heteroatoms. The summed E-state index contributed by atoms with van der Waals surface area (Å²) < 4.78 is 10.4. The summed E-state index contributed by atoms with van der Waals surface area (Å²) in [4.78, 5) is 8.55. The maximum absolute atomic E-state index is 10.4. The molecule has 0 aliphatic carbocycles. The highest BCUT2D eigenvalue weighted by Crippen LogP contribution is 2.21. The van der Waals surface area contributed by atoms with Gasteiger partial charge in [-0.1, -0.05) is 23.7 Å². The third-order valence-corrected chi connectivity index (χ3v) is 2.12. The van der Waals surface area contributed by atoms with Gasteiger partial charge < -0.3 is 0 Å². The van der Waals surface area contributed by atoms with Gasteiger partial charge in [0.25, 0.3) is 0 Å². The molecule has 2 nitrogen and oxygen atoms in total. The third-order valence-electron chi connectivity index (χ3n) is 1.23. The molecule has 1 rings (SSSR count). The Morgan fingerprint density at radius 3 is 2.36 bits per heavy atom. The minimum absolute atomic E-state index is 0.201. The Balaban J connectivity index is 2.74. The van der Waals surface area contributed by atoms with Crippen LogP contribution in [0.3, 0.4) is 0 Å². The highest BCUT2D eigenvalue weighted by atomic mass is 35.5. The maximum Gasteiger partial charge on any atom is 0.510 e. The predicted molar refractivity (Wildman–Crippen MR) is 45.0 cm³/mol. The van der Waals surface area contributed by atoms with Crippen LogP contribution in [-0.2, 0) is 10.7 Å². The third kappa shape index (κ3) is 2.98. The van der Waals surface area contributed by atoms with Crippen molar-refractivity contribution in [3.05, 3.63) is 34.9 Å². The van der Waals surface area contributed by atoms with E-state index in [4.69, 9.17) is 16.5 Å². The van der Waals surface area contributed by atoms with Crippen molar-refractivity contribution in [3.8, 4) is 0 Å². The summed E-state index contributed by atoms with van der Waals surface area (Å²) in [7, 11) is -2.08. The van der Waals surface area contributed by atoms with Crippen molar-refractivity contribution in [2.24, 2.45) is 0 Å². The SMILES string of the molecule is O=[P+](O)Cc1ccc(Cl)cc1. The lowest BCUT2D eigenvalue weighted by molar-refractivity contribution is 0.502. The summed E-state index contributed by atoms with van der Waals surface area (Å²) in [6.07, 6.45) is 0.201. The Bertz CT molecular complexity index is 258. The second-order valence-electron chi connectivity index (χ2n) is 2.14. The van der Waals surface area contributed by atoms with Gasteiger partial charge in [-0.15, -0.1) is 0 Å². The molecule has 0 bridgehead atoms. The summed E-state index contributed by atoms with van der Waals surface area (Å²) in [5, 5.41) is 0.641. The van der Waals surface area contributed by atoms with Gasteiger partial charge >= 0.3 is 8.03 Å². The number of rotatable bonds is 2. The standard InChI is InChI=1S/C7H6ClO2P/c8-7-3-1-6(2-4-7)5-11(9)10/h1-4H,5H2/p+1. The number of halogens is 1. The van der Waals surface area contributed by atoms with E-state index >= 15 is 0 Å². The molecule has 58 valence electrons. The first kappa shape index (κ1) is 8.66. The quantitative estimate of drug-likeness (QED) is 0.726. The fourth-order valence-electron chi connectivity index (χ4n) is 0.746. The first-order valence-corrected chi connectivity index (χ1v) is 4.84. The first-order valence-electron chi connectivity index (χ1n) is 3.06. The smallest absolute Gasteiger partial charge is 0.160 e. The van der Waals surface area contributed by atoms with Gasteiger partial charge in [0.1, 0.15) is 0 Å². The van der Waals surface area contributed by atoms with Crippen LogP contribution in [0.5, 0.6) is 0 Å². The molecule has 11 heavy (non-hydrogen) atoms. The van der Waals surface area contributed by atoms with Crippen molar-refractivity contribution in [2.75, 3.05) is 0 Å².